The zero-order chi connectivity index (χ0) is 18.7. The van der Waals surface area contributed by atoms with Gasteiger partial charge in [0.2, 0.25) is 0 Å². The molecule has 7 heteroatoms. The molecule has 0 atom stereocenters. The topological polar surface area (TPSA) is 80.3 Å². The summed E-state index contributed by atoms with van der Waals surface area (Å²) < 4.78 is 47.7. The molecular weight excluding hydrogens is 358 g/mol. The maximum atomic E-state index is 12.1. The summed E-state index contributed by atoms with van der Waals surface area (Å²) in [6.07, 6.45) is 10.3. The highest BCUT2D eigenvalue weighted by atomic mass is 32.2. The van der Waals surface area contributed by atoms with Crippen molar-refractivity contribution in [3.8, 4) is 0 Å². The fourth-order valence-electron chi connectivity index (χ4n) is 3.47. The zero-order valence-electron chi connectivity index (χ0n) is 15.3. The van der Waals surface area contributed by atoms with E-state index < -0.39 is 19.7 Å². The first-order valence-corrected chi connectivity index (χ1v) is 12.7. The second-order valence-electron chi connectivity index (χ2n) is 7.21. The largest absolute Gasteiger partial charge is 0.381 e. The molecule has 0 heterocycles. The van der Waals surface area contributed by atoms with Crippen molar-refractivity contribution in [1.29, 1.82) is 0 Å². The Labute approximate surface area is 152 Å². The van der Waals surface area contributed by atoms with Crippen LogP contribution in [0.3, 0.4) is 0 Å². The number of anilines is 1. The first kappa shape index (κ1) is 20.2. The molecule has 1 aliphatic rings. The van der Waals surface area contributed by atoms with Crippen molar-refractivity contribution >= 4 is 25.4 Å². The van der Waals surface area contributed by atoms with Gasteiger partial charge in [0.15, 0.2) is 19.7 Å². The quantitative estimate of drug-likeness (QED) is 0.772. The van der Waals surface area contributed by atoms with E-state index in [0.717, 1.165) is 44.1 Å². The lowest BCUT2D eigenvalue weighted by molar-refractivity contribution is 0.314. The van der Waals surface area contributed by atoms with E-state index in [0.29, 0.717) is 5.69 Å². The fraction of sp³-hybridized carbons (Fsp3) is 0.667. The van der Waals surface area contributed by atoms with E-state index in [9.17, 15) is 16.8 Å². The van der Waals surface area contributed by atoms with Crippen molar-refractivity contribution in [3.05, 3.63) is 18.2 Å². The number of rotatable bonds is 7. The van der Waals surface area contributed by atoms with Crippen LogP contribution in [-0.4, -0.2) is 35.4 Å². The third-order valence-electron chi connectivity index (χ3n) is 4.95. The minimum absolute atomic E-state index is 0.0294. The van der Waals surface area contributed by atoms with Crippen LogP contribution >= 0.6 is 0 Å². The van der Waals surface area contributed by atoms with E-state index in [4.69, 9.17) is 0 Å². The van der Waals surface area contributed by atoms with E-state index >= 15 is 0 Å². The standard InChI is InChI=1S/C18H29NO4S2/c1-4-5-6-14-7-9-15(10-8-14)19-17-12-11-16(24(2,20)21)13-18(17)25(3,22)23/h11-15,19H,4-10H2,1-3H3. The highest BCUT2D eigenvalue weighted by Gasteiger charge is 2.23. The molecule has 5 nitrogen and oxygen atoms in total. The molecule has 0 aromatic heterocycles. The molecular formula is C18H29NO4S2. The van der Waals surface area contributed by atoms with Crippen molar-refractivity contribution in [3.63, 3.8) is 0 Å². The lowest BCUT2D eigenvalue weighted by atomic mass is 9.83. The molecule has 25 heavy (non-hydrogen) atoms. The molecule has 1 fully saturated rings. The second-order valence-corrected chi connectivity index (χ2v) is 11.2. The zero-order valence-corrected chi connectivity index (χ0v) is 16.9. The van der Waals surface area contributed by atoms with Gasteiger partial charge in [-0.25, -0.2) is 16.8 Å². The molecule has 1 N–H and O–H groups in total. The summed E-state index contributed by atoms with van der Waals surface area (Å²) in [5.41, 5.74) is 0.506. The third kappa shape index (κ3) is 5.71. The third-order valence-corrected chi connectivity index (χ3v) is 7.20. The molecule has 2 rings (SSSR count). The molecule has 1 saturated carbocycles. The maximum absolute atomic E-state index is 12.1. The molecule has 142 valence electrons. The summed E-state index contributed by atoms with van der Waals surface area (Å²) in [7, 11) is -6.96. The van der Waals surface area contributed by atoms with E-state index in [1.54, 1.807) is 6.07 Å². The first-order chi connectivity index (χ1) is 11.6. The van der Waals surface area contributed by atoms with Crippen molar-refractivity contribution in [2.24, 2.45) is 5.92 Å². The average Bonchev–Trinajstić information content (AvgIpc) is 2.52. The van der Waals surface area contributed by atoms with Gasteiger partial charge in [0.05, 0.1) is 15.5 Å². The Morgan fingerprint density at radius 3 is 2.16 bits per heavy atom. The summed E-state index contributed by atoms with van der Waals surface area (Å²) >= 11 is 0. The molecule has 1 aromatic carbocycles. The summed E-state index contributed by atoms with van der Waals surface area (Å²) in [5.74, 6) is 0.778. The van der Waals surface area contributed by atoms with Crippen LogP contribution in [0.25, 0.3) is 0 Å². The van der Waals surface area contributed by atoms with Crippen LogP contribution in [0, 0.1) is 5.92 Å². The maximum Gasteiger partial charge on any atom is 0.177 e. The summed E-state index contributed by atoms with van der Waals surface area (Å²) in [5, 5.41) is 3.34. The van der Waals surface area contributed by atoms with Gasteiger partial charge >= 0.3 is 0 Å². The molecule has 0 unspecified atom stereocenters. The molecule has 0 bridgehead atoms. The number of nitrogens with one attached hydrogen (secondary N) is 1. The fourth-order valence-corrected chi connectivity index (χ4v) is 5.06. The van der Waals surface area contributed by atoms with Gasteiger partial charge in [-0.05, 0) is 49.8 Å². The number of unbranched alkanes of at least 4 members (excludes halogenated alkanes) is 1. The Morgan fingerprint density at radius 1 is 1.00 bits per heavy atom. The second kappa shape index (κ2) is 8.08. The van der Waals surface area contributed by atoms with Crippen LogP contribution in [0.1, 0.15) is 51.9 Å². The van der Waals surface area contributed by atoms with E-state index in [2.05, 4.69) is 12.2 Å². The Balaban J connectivity index is 2.15. The first-order valence-electron chi connectivity index (χ1n) is 8.92. The van der Waals surface area contributed by atoms with E-state index in [1.807, 2.05) is 0 Å². The minimum Gasteiger partial charge on any atom is -0.381 e. The lowest BCUT2D eigenvalue weighted by Crippen LogP contribution is -2.27. The van der Waals surface area contributed by atoms with Crippen LogP contribution in [-0.2, 0) is 19.7 Å². The normalized spacial score (nSPS) is 21.9. The molecule has 0 saturated heterocycles. The van der Waals surface area contributed by atoms with E-state index in [-0.39, 0.29) is 15.8 Å². The molecule has 0 spiro atoms. The van der Waals surface area contributed by atoms with Crippen LogP contribution in [0.2, 0.25) is 0 Å². The molecule has 0 aliphatic heterocycles. The van der Waals surface area contributed by atoms with Gasteiger partial charge < -0.3 is 5.32 Å². The van der Waals surface area contributed by atoms with Crippen LogP contribution in [0.4, 0.5) is 5.69 Å². The van der Waals surface area contributed by atoms with Crippen molar-refractivity contribution in [2.45, 2.75) is 67.7 Å². The molecule has 0 amide bonds. The smallest absolute Gasteiger partial charge is 0.177 e. The predicted octanol–water partition coefficient (Wildman–Crippen LogP) is 3.65. The molecule has 0 radical (unpaired) electrons. The van der Waals surface area contributed by atoms with Gasteiger partial charge in [-0.1, -0.05) is 26.2 Å². The number of sulfone groups is 2. The van der Waals surface area contributed by atoms with Crippen LogP contribution in [0.15, 0.2) is 28.0 Å². The number of hydrogen-bond donors (Lipinski definition) is 1. The Hall–Kier alpha value is -1.08. The van der Waals surface area contributed by atoms with Gasteiger partial charge in [-0.2, -0.15) is 0 Å². The Bertz CT molecular complexity index is 792. The SMILES string of the molecule is CCCCC1CCC(Nc2ccc(S(C)(=O)=O)cc2S(C)(=O)=O)CC1. The number of benzene rings is 1. The van der Waals surface area contributed by atoms with Gasteiger partial charge in [-0.3, -0.25) is 0 Å². The van der Waals surface area contributed by atoms with Crippen molar-refractivity contribution in [2.75, 3.05) is 17.8 Å². The highest BCUT2D eigenvalue weighted by molar-refractivity contribution is 7.91. The molecule has 1 aromatic rings. The summed E-state index contributed by atoms with van der Waals surface area (Å²) in [6, 6.07) is 4.55. The van der Waals surface area contributed by atoms with Crippen molar-refractivity contribution in [1.82, 2.24) is 0 Å². The Morgan fingerprint density at radius 2 is 1.64 bits per heavy atom. The van der Waals surface area contributed by atoms with Crippen LogP contribution in [0.5, 0.6) is 0 Å². The predicted molar refractivity (Wildman–Crippen MR) is 102 cm³/mol. The van der Waals surface area contributed by atoms with Crippen molar-refractivity contribution < 1.29 is 16.8 Å². The molecule has 1 aliphatic carbocycles. The Kier molecular flexibility index (Phi) is 6.54. The van der Waals surface area contributed by atoms with Gasteiger partial charge in [0, 0.05) is 18.6 Å². The van der Waals surface area contributed by atoms with E-state index in [1.165, 1.54) is 31.4 Å². The number of hydrogen-bond acceptors (Lipinski definition) is 5. The average molecular weight is 388 g/mol. The summed E-state index contributed by atoms with van der Waals surface area (Å²) in [6.45, 7) is 2.21. The monoisotopic (exact) mass is 387 g/mol. The van der Waals surface area contributed by atoms with Crippen LogP contribution < -0.4 is 5.32 Å². The summed E-state index contributed by atoms with van der Waals surface area (Å²) in [4.78, 5) is 0.0882. The van der Waals surface area contributed by atoms with Gasteiger partial charge in [-0.15, -0.1) is 0 Å². The lowest BCUT2D eigenvalue weighted by Gasteiger charge is -2.30. The van der Waals surface area contributed by atoms with Gasteiger partial charge in [0.1, 0.15) is 0 Å². The highest BCUT2D eigenvalue weighted by Crippen LogP contribution is 2.32. The minimum atomic E-state index is -3.52. The van der Waals surface area contributed by atoms with Gasteiger partial charge in [0.25, 0.3) is 0 Å².